The van der Waals surface area contributed by atoms with Crippen LogP contribution in [0.25, 0.3) is 0 Å². The molecule has 0 amide bonds. The molecule has 3 rings (SSSR count). The van der Waals surface area contributed by atoms with Crippen LogP contribution >= 0.6 is 11.6 Å². The minimum Gasteiger partial charge on any atom is -0.488 e. The molecular weight excluding hydrogens is 351 g/mol. The van der Waals surface area contributed by atoms with Gasteiger partial charge in [0.1, 0.15) is 18.2 Å². The van der Waals surface area contributed by atoms with Crippen molar-refractivity contribution < 1.29 is 9.13 Å². The summed E-state index contributed by atoms with van der Waals surface area (Å²) in [6.45, 7) is 6.34. The van der Waals surface area contributed by atoms with Gasteiger partial charge in [-0.25, -0.2) is 4.39 Å². The van der Waals surface area contributed by atoms with Crippen molar-refractivity contribution in [2.75, 3.05) is 19.6 Å². The van der Waals surface area contributed by atoms with Crippen molar-refractivity contribution in [3.8, 4) is 5.75 Å². The van der Waals surface area contributed by atoms with Crippen molar-refractivity contribution in [1.29, 1.82) is 0 Å². The summed E-state index contributed by atoms with van der Waals surface area (Å²) in [5.74, 6) is 0.492. The average molecular weight is 377 g/mol. The van der Waals surface area contributed by atoms with Gasteiger partial charge in [-0.3, -0.25) is 4.90 Å². The summed E-state index contributed by atoms with van der Waals surface area (Å²) in [6, 6.07) is 12.9. The SMILES string of the molecule is CCN1CCC[C@H]1CNCc1cc(Cl)ccc1OCc1ccccc1F. The summed E-state index contributed by atoms with van der Waals surface area (Å²) in [4.78, 5) is 2.51. The molecule has 2 aromatic rings. The Morgan fingerprint density at radius 1 is 1.23 bits per heavy atom. The minimum atomic E-state index is -0.248. The molecule has 1 aliphatic rings. The van der Waals surface area contributed by atoms with Crippen LogP contribution < -0.4 is 10.1 Å². The molecule has 140 valence electrons. The van der Waals surface area contributed by atoms with Gasteiger partial charge < -0.3 is 10.1 Å². The second-order valence-electron chi connectivity index (χ2n) is 6.69. The first-order chi connectivity index (χ1) is 12.7. The first-order valence-electron chi connectivity index (χ1n) is 9.26. The molecule has 0 spiro atoms. The van der Waals surface area contributed by atoms with E-state index in [0.29, 0.717) is 23.2 Å². The van der Waals surface area contributed by atoms with E-state index in [0.717, 1.165) is 24.4 Å². The summed E-state index contributed by atoms with van der Waals surface area (Å²) in [5.41, 5.74) is 1.54. The molecule has 1 N–H and O–H groups in total. The second kappa shape index (κ2) is 9.36. The number of halogens is 2. The third kappa shape index (κ3) is 4.97. The maximum atomic E-state index is 13.8. The average Bonchev–Trinajstić information content (AvgIpc) is 3.10. The van der Waals surface area contributed by atoms with E-state index in [-0.39, 0.29) is 12.4 Å². The standard InChI is InChI=1S/C21H26ClFN2O/c1-2-25-11-5-7-19(25)14-24-13-17-12-18(22)9-10-21(17)26-15-16-6-3-4-8-20(16)23/h3-4,6,8-10,12,19,24H,2,5,7,11,13-15H2,1H3/t19-/m0/s1. The van der Waals surface area contributed by atoms with E-state index in [4.69, 9.17) is 16.3 Å². The molecule has 26 heavy (non-hydrogen) atoms. The third-order valence-corrected chi connectivity index (χ3v) is 5.20. The van der Waals surface area contributed by atoms with Crippen molar-refractivity contribution in [2.45, 2.75) is 39.0 Å². The predicted molar refractivity (Wildman–Crippen MR) is 104 cm³/mol. The van der Waals surface area contributed by atoms with Crippen molar-refractivity contribution in [1.82, 2.24) is 10.2 Å². The van der Waals surface area contributed by atoms with Gasteiger partial charge in [0, 0.05) is 35.3 Å². The Labute approximate surface area is 160 Å². The molecule has 0 bridgehead atoms. The summed E-state index contributed by atoms with van der Waals surface area (Å²) in [7, 11) is 0. The fourth-order valence-electron chi connectivity index (χ4n) is 3.51. The van der Waals surface area contributed by atoms with Crippen LogP contribution in [0, 0.1) is 5.82 Å². The topological polar surface area (TPSA) is 24.5 Å². The largest absolute Gasteiger partial charge is 0.488 e. The highest BCUT2D eigenvalue weighted by molar-refractivity contribution is 6.30. The lowest BCUT2D eigenvalue weighted by Gasteiger charge is -2.23. The highest BCUT2D eigenvalue weighted by Crippen LogP contribution is 2.24. The van der Waals surface area contributed by atoms with Gasteiger partial charge in [0.15, 0.2) is 0 Å². The first kappa shape index (κ1) is 19.2. The van der Waals surface area contributed by atoms with Crippen LogP contribution in [-0.2, 0) is 13.2 Å². The van der Waals surface area contributed by atoms with E-state index >= 15 is 0 Å². The Morgan fingerprint density at radius 3 is 2.88 bits per heavy atom. The van der Waals surface area contributed by atoms with Crippen molar-refractivity contribution in [3.63, 3.8) is 0 Å². The van der Waals surface area contributed by atoms with Gasteiger partial charge in [-0.15, -0.1) is 0 Å². The number of ether oxygens (including phenoxy) is 1. The number of likely N-dealkylation sites (tertiary alicyclic amines) is 1. The van der Waals surface area contributed by atoms with Crippen LogP contribution in [0.1, 0.15) is 30.9 Å². The maximum absolute atomic E-state index is 13.8. The molecule has 1 saturated heterocycles. The predicted octanol–water partition coefficient (Wildman–Crippen LogP) is 4.63. The van der Waals surface area contributed by atoms with Crippen LogP contribution in [0.15, 0.2) is 42.5 Å². The lowest BCUT2D eigenvalue weighted by molar-refractivity contribution is 0.258. The monoisotopic (exact) mass is 376 g/mol. The quantitative estimate of drug-likeness (QED) is 0.726. The molecule has 5 heteroatoms. The Hall–Kier alpha value is -1.62. The van der Waals surface area contributed by atoms with Crippen LogP contribution in [-0.4, -0.2) is 30.6 Å². The van der Waals surface area contributed by atoms with Crippen LogP contribution in [0.4, 0.5) is 4.39 Å². The summed E-state index contributed by atoms with van der Waals surface area (Å²) in [6.07, 6.45) is 2.52. The Balaban J connectivity index is 1.59. The smallest absolute Gasteiger partial charge is 0.129 e. The molecule has 0 saturated carbocycles. The van der Waals surface area contributed by atoms with E-state index in [1.165, 1.54) is 25.5 Å². The number of benzene rings is 2. The maximum Gasteiger partial charge on any atom is 0.129 e. The molecule has 1 heterocycles. The van der Waals surface area contributed by atoms with Gasteiger partial charge in [0.2, 0.25) is 0 Å². The molecule has 0 radical (unpaired) electrons. The molecule has 2 aromatic carbocycles. The number of nitrogens with zero attached hydrogens (tertiary/aromatic N) is 1. The van der Waals surface area contributed by atoms with E-state index in [1.807, 2.05) is 18.2 Å². The molecule has 3 nitrogen and oxygen atoms in total. The molecule has 0 aliphatic carbocycles. The zero-order valence-electron chi connectivity index (χ0n) is 15.2. The Kier molecular flexibility index (Phi) is 6.89. The number of hydrogen-bond acceptors (Lipinski definition) is 3. The number of rotatable bonds is 8. The fourth-order valence-corrected chi connectivity index (χ4v) is 3.71. The fraction of sp³-hybridized carbons (Fsp3) is 0.429. The van der Waals surface area contributed by atoms with E-state index in [1.54, 1.807) is 18.2 Å². The molecular formula is C21H26ClFN2O. The number of nitrogens with one attached hydrogen (secondary N) is 1. The zero-order valence-corrected chi connectivity index (χ0v) is 15.9. The Bertz CT molecular complexity index is 725. The van der Waals surface area contributed by atoms with E-state index in [9.17, 15) is 4.39 Å². The number of hydrogen-bond donors (Lipinski definition) is 1. The highest BCUT2D eigenvalue weighted by atomic mass is 35.5. The zero-order chi connectivity index (χ0) is 18.4. The van der Waals surface area contributed by atoms with Crippen molar-refractivity contribution in [3.05, 3.63) is 64.4 Å². The third-order valence-electron chi connectivity index (χ3n) is 4.96. The van der Waals surface area contributed by atoms with Crippen LogP contribution in [0.2, 0.25) is 5.02 Å². The van der Waals surface area contributed by atoms with Gasteiger partial charge in [0.05, 0.1) is 0 Å². The summed E-state index contributed by atoms with van der Waals surface area (Å²) < 4.78 is 19.7. The normalized spacial score (nSPS) is 17.6. The molecule has 1 atom stereocenters. The van der Waals surface area contributed by atoms with Gasteiger partial charge in [0.25, 0.3) is 0 Å². The second-order valence-corrected chi connectivity index (χ2v) is 7.12. The van der Waals surface area contributed by atoms with Crippen molar-refractivity contribution in [2.24, 2.45) is 0 Å². The minimum absolute atomic E-state index is 0.202. The molecule has 1 fully saturated rings. The molecule has 0 aromatic heterocycles. The number of likely N-dealkylation sites (N-methyl/N-ethyl adjacent to an activating group) is 1. The summed E-state index contributed by atoms with van der Waals surface area (Å²) >= 11 is 6.16. The Morgan fingerprint density at radius 2 is 2.08 bits per heavy atom. The van der Waals surface area contributed by atoms with Gasteiger partial charge in [-0.1, -0.05) is 36.7 Å². The first-order valence-corrected chi connectivity index (χ1v) is 9.64. The molecule has 0 unspecified atom stereocenters. The highest BCUT2D eigenvalue weighted by Gasteiger charge is 2.22. The van der Waals surface area contributed by atoms with Gasteiger partial charge >= 0.3 is 0 Å². The van der Waals surface area contributed by atoms with E-state index in [2.05, 4.69) is 17.1 Å². The van der Waals surface area contributed by atoms with E-state index < -0.39 is 0 Å². The lowest BCUT2D eigenvalue weighted by Crippen LogP contribution is -2.37. The summed E-state index contributed by atoms with van der Waals surface area (Å²) in [5, 5.41) is 4.21. The van der Waals surface area contributed by atoms with Gasteiger partial charge in [-0.05, 0) is 50.2 Å². The van der Waals surface area contributed by atoms with Crippen LogP contribution in [0.5, 0.6) is 5.75 Å². The van der Waals surface area contributed by atoms with Gasteiger partial charge in [-0.2, -0.15) is 0 Å². The molecule has 1 aliphatic heterocycles. The lowest BCUT2D eigenvalue weighted by atomic mass is 10.1. The van der Waals surface area contributed by atoms with Crippen molar-refractivity contribution >= 4 is 11.6 Å². The van der Waals surface area contributed by atoms with Crippen LogP contribution in [0.3, 0.4) is 0 Å².